The number of carbonyl (C=O) groups excluding carboxylic acids is 2. The maximum absolute atomic E-state index is 13.1. The van der Waals surface area contributed by atoms with Crippen LogP contribution in [0.4, 0.5) is 23.7 Å². The summed E-state index contributed by atoms with van der Waals surface area (Å²) in [7, 11) is 0. The summed E-state index contributed by atoms with van der Waals surface area (Å²) in [6.07, 6.45) is -1.77. The Kier molecular flexibility index (Phi) is 9.12. The molecule has 2 heterocycles. The third-order valence-electron chi connectivity index (χ3n) is 6.16. The minimum absolute atomic E-state index is 0.0141. The molecule has 1 atom stereocenters. The van der Waals surface area contributed by atoms with Crippen molar-refractivity contribution in [1.82, 2.24) is 20.3 Å². The van der Waals surface area contributed by atoms with Gasteiger partial charge in [-0.15, -0.1) is 0 Å². The zero-order valence-electron chi connectivity index (χ0n) is 25.2. The van der Waals surface area contributed by atoms with E-state index in [-0.39, 0.29) is 22.5 Å². The molecular weight excluding hydrogens is 575 g/mol. The second-order valence-corrected chi connectivity index (χ2v) is 12.4. The van der Waals surface area contributed by atoms with E-state index in [1.54, 1.807) is 45.0 Å². The molecule has 0 fully saturated rings. The number of rotatable bonds is 7. The van der Waals surface area contributed by atoms with Crippen molar-refractivity contribution < 1.29 is 32.2 Å². The number of benzene rings is 2. The number of aromatic nitrogens is 3. The number of halogens is 3. The molecule has 0 saturated carbocycles. The van der Waals surface area contributed by atoms with Crippen LogP contribution in [0.2, 0.25) is 0 Å². The molecule has 9 nitrogen and oxygen atoms in total. The summed E-state index contributed by atoms with van der Waals surface area (Å²) in [5.41, 5.74) is -0.495. The molecule has 0 radical (unpaired) electrons. The smallest absolute Gasteiger partial charge is 0.416 e. The van der Waals surface area contributed by atoms with Gasteiger partial charge in [0.05, 0.1) is 28.4 Å². The number of pyridine rings is 1. The first kappa shape index (κ1) is 32.2. The molecule has 12 heteroatoms. The van der Waals surface area contributed by atoms with Gasteiger partial charge in [0.25, 0.3) is 5.91 Å². The number of ether oxygens (including phenoxy) is 2. The molecule has 2 amide bonds. The molecule has 0 aliphatic carbocycles. The highest BCUT2D eigenvalue weighted by Gasteiger charge is 2.30. The van der Waals surface area contributed by atoms with Gasteiger partial charge < -0.3 is 20.1 Å². The Bertz CT molecular complexity index is 1660. The fourth-order valence-corrected chi connectivity index (χ4v) is 4.37. The molecular formula is C32H34F3N5O4. The maximum atomic E-state index is 13.1. The number of alkyl halides is 3. The molecule has 0 bridgehead atoms. The summed E-state index contributed by atoms with van der Waals surface area (Å²) >= 11 is 0. The zero-order valence-corrected chi connectivity index (χ0v) is 25.2. The lowest BCUT2D eigenvalue weighted by atomic mass is 9.87. The van der Waals surface area contributed by atoms with Crippen molar-refractivity contribution in [2.45, 2.75) is 65.8 Å². The van der Waals surface area contributed by atoms with Crippen molar-refractivity contribution in [2.75, 3.05) is 5.32 Å². The average molecular weight is 610 g/mol. The molecule has 2 aromatic heterocycles. The molecule has 4 aromatic rings. The van der Waals surface area contributed by atoms with Gasteiger partial charge in [0, 0.05) is 29.4 Å². The second-order valence-electron chi connectivity index (χ2n) is 12.4. The number of hydrogen-bond donors (Lipinski definition) is 2. The lowest BCUT2D eigenvalue weighted by molar-refractivity contribution is -0.137. The SMILES string of the molecule is CC(C)(C)CC(NC(=O)OC(C)(C)C)c1cc(Oc2ccc3c(C(=O)Nc4cccc(C(F)(F)F)c4)ccnc3c2)ncn1. The topological polar surface area (TPSA) is 115 Å². The third kappa shape index (κ3) is 8.88. The highest BCUT2D eigenvalue weighted by molar-refractivity contribution is 6.12. The van der Waals surface area contributed by atoms with Gasteiger partial charge in [-0.3, -0.25) is 9.78 Å². The Hall–Kier alpha value is -4.74. The predicted molar refractivity (Wildman–Crippen MR) is 159 cm³/mol. The van der Waals surface area contributed by atoms with Crippen LogP contribution in [0.5, 0.6) is 11.6 Å². The fourth-order valence-electron chi connectivity index (χ4n) is 4.37. The van der Waals surface area contributed by atoms with E-state index in [9.17, 15) is 22.8 Å². The first-order chi connectivity index (χ1) is 20.5. The van der Waals surface area contributed by atoms with Crippen molar-refractivity contribution in [3.63, 3.8) is 0 Å². The van der Waals surface area contributed by atoms with E-state index in [1.165, 1.54) is 30.7 Å². The van der Waals surface area contributed by atoms with Crippen molar-refractivity contribution >= 4 is 28.6 Å². The average Bonchev–Trinajstić information content (AvgIpc) is 2.90. The minimum atomic E-state index is -4.53. The number of nitrogens with one attached hydrogen (secondary N) is 2. The van der Waals surface area contributed by atoms with Crippen LogP contribution >= 0.6 is 0 Å². The Labute approximate surface area is 253 Å². The first-order valence-corrected chi connectivity index (χ1v) is 13.8. The van der Waals surface area contributed by atoms with Crippen LogP contribution in [0.1, 0.15) is 75.6 Å². The standard InChI is InChI=1S/C32H34F3N5O4/c1-30(2,3)17-26(40-29(42)44-31(4,5)6)25-16-27(38-18-37-25)43-21-10-11-22-23(12-13-36-24(22)15-21)28(41)39-20-9-7-8-19(14-20)32(33,34)35/h7-16,18,26H,17H2,1-6H3,(H,39,41)(H,40,42). The number of amides is 2. The van der Waals surface area contributed by atoms with E-state index in [0.29, 0.717) is 28.8 Å². The third-order valence-corrected chi connectivity index (χ3v) is 6.16. The Morgan fingerprint density at radius 2 is 1.66 bits per heavy atom. The Balaban J connectivity index is 1.55. The van der Waals surface area contributed by atoms with E-state index in [0.717, 1.165) is 12.1 Å². The van der Waals surface area contributed by atoms with Crippen molar-refractivity contribution in [3.05, 3.63) is 83.9 Å². The minimum Gasteiger partial charge on any atom is -0.444 e. The number of alkyl carbamates (subject to hydrolysis) is 1. The van der Waals surface area contributed by atoms with Crippen LogP contribution < -0.4 is 15.4 Å². The molecule has 2 aromatic carbocycles. The van der Waals surface area contributed by atoms with Gasteiger partial charge in [0.2, 0.25) is 5.88 Å². The van der Waals surface area contributed by atoms with Crippen molar-refractivity contribution in [3.8, 4) is 11.6 Å². The Morgan fingerprint density at radius 3 is 2.34 bits per heavy atom. The van der Waals surface area contributed by atoms with Crippen molar-refractivity contribution in [2.24, 2.45) is 5.41 Å². The van der Waals surface area contributed by atoms with E-state index >= 15 is 0 Å². The van der Waals surface area contributed by atoms with Crippen LogP contribution in [-0.2, 0) is 10.9 Å². The summed E-state index contributed by atoms with van der Waals surface area (Å²) in [5.74, 6) is 0.00321. The highest BCUT2D eigenvalue weighted by Crippen LogP contribution is 2.33. The van der Waals surface area contributed by atoms with Gasteiger partial charge in [-0.05, 0) is 69.0 Å². The highest BCUT2D eigenvalue weighted by atomic mass is 19.4. The van der Waals surface area contributed by atoms with Gasteiger partial charge in [0.15, 0.2) is 0 Å². The monoisotopic (exact) mass is 609 g/mol. The molecule has 0 saturated heterocycles. The largest absolute Gasteiger partial charge is 0.444 e. The fraction of sp³-hybridized carbons (Fsp3) is 0.344. The summed E-state index contributed by atoms with van der Waals surface area (Å²) < 4.78 is 50.7. The number of fused-ring (bicyclic) bond motifs is 1. The number of carbonyl (C=O) groups is 2. The van der Waals surface area contributed by atoms with Crippen molar-refractivity contribution in [1.29, 1.82) is 0 Å². The number of hydrogen-bond acceptors (Lipinski definition) is 7. The van der Waals surface area contributed by atoms with E-state index in [4.69, 9.17) is 9.47 Å². The van der Waals surface area contributed by atoms with Gasteiger partial charge in [-0.2, -0.15) is 13.2 Å². The number of nitrogens with zero attached hydrogens (tertiary/aromatic N) is 3. The lowest BCUT2D eigenvalue weighted by Gasteiger charge is -2.28. The maximum Gasteiger partial charge on any atom is 0.416 e. The molecule has 0 aliphatic rings. The van der Waals surface area contributed by atoms with Crippen LogP contribution in [0.3, 0.4) is 0 Å². The van der Waals surface area contributed by atoms with Crippen LogP contribution in [-0.4, -0.2) is 32.6 Å². The molecule has 44 heavy (non-hydrogen) atoms. The summed E-state index contributed by atoms with van der Waals surface area (Å²) in [6.45, 7) is 11.5. The van der Waals surface area contributed by atoms with E-state index in [2.05, 4.69) is 25.6 Å². The lowest BCUT2D eigenvalue weighted by Crippen LogP contribution is -2.36. The quantitative estimate of drug-likeness (QED) is 0.218. The van der Waals surface area contributed by atoms with Crippen LogP contribution in [0.15, 0.2) is 67.1 Å². The number of anilines is 1. The molecule has 4 rings (SSSR count). The summed E-state index contributed by atoms with van der Waals surface area (Å²) in [4.78, 5) is 38.5. The molecule has 0 spiro atoms. The molecule has 0 aliphatic heterocycles. The van der Waals surface area contributed by atoms with Gasteiger partial charge in [0.1, 0.15) is 17.7 Å². The van der Waals surface area contributed by atoms with Crippen LogP contribution in [0, 0.1) is 5.41 Å². The molecule has 1 unspecified atom stereocenters. The zero-order chi connectivity index (χ0) is 32.3. The summed E-state index contributed by atoms with van der Waals surface area (Å²) in [5, 5.41) is 5.89. The van der Waals surface area contributed by atoms with Crippen LogP contribution in [0.25, 0.3) is 10.9 Å². The van der Waals surface area contributed by atoms with Gasteiger partial charge in [-0.1, -0.05) is 26.8 Å². The molecule has 2 N–H and O–H groups in total. The van der Waals surface area contributed by atoms with E-state index in [1.807, 2.05) is 20.8 Å². The summed E-state index contributed by atoms with van der Waals surface area (Å²) in [6, 6.07) is 11.9. The second kappa shape index (κ2) is 12.5. The van der Waals surface area contributed by atoms with Gasteiger partial charge >= 0.3 is 12.3 Å². The first-order valence-electron chi connectivity index (χ1n) is 13.8. The Morgan fingerprint density at radius 1 is 0.909 bits per heavy atom. The predicted octanol–water partition coefficient (Wildman–Crippen LogP) is 8.09. The molecule has 232 valence electrons. The van der Waals surface area contributed by atoms with Gasteiger partial charge in [-0.25, -0.2) is 14.8 Å². The van der Waals surface area contributed by atoms with E-state index < -0.39 is 35.4 Å². The normalized spacial score (nSPS) is 12.8.